The Kier molecular flexibility index (Phi) is 3.71. The van der Waals surface area contributed by atoms with Crippen LogP contribution in [-0.4, -0.2) is 12.3 Å². The lowest BCUT2D eigenvalue weighted by molar-refractivity contribution is 0.0811. The number of allylic oxidation sites excluding steroid dienone is 1. The van der Waals surface area contributed by atoms with E-state index in [2.05, 4.69) is 11.9 Å². The van der Waals surface area contributed by atoms with Gasteiger partial charge in [0.05, 0.1) is 5.54 Å². The van der Waals surface area contributed by atoms with Gasteiger partial charge < -0.3 is 11.1 Å². The average Bonchev–Trinajstić information content (AvgIpc) is 2.45. The Morgan fingerprint density at radius 2 is 2.10 bits per heavy atom. The van der Waals surface area contributed by atoms with Crippen molar-refractivity contribution in [3.8, 4) is 0 Å². The molecule has 2 atom stereocenters. The van der Waals surface area contributed by atoms with E-state index in [1.807, 2.05) is 6.92 Å². The smallest absolute Gasteiger partial charge is 0.177 e. The summed E-state index contributed by atoms with van der Waals surface area (Å²) in [5.41, 5.74) is 3.63. The van der Waals surface area contributed by atoms with Gasteiger partial charge in [-0.2, -0.15) is 0 Å². The molecule has 1 aliphatic rings. The van der Waals surface area contributed by atoms with Crippen molar-refractivity contribution in [2.45, 2.75) is 37.4 Å². The summed E-state index contributed by atoms with van der Waals surface area (Å²) in [4.78, 5) is 0. The molecule has 1 aromatic carbocycles. The van der Waals surface area contributed by atoms with Gasteiger partial charge in [-0.05, 0) is 37.5 Å². The third-order valence-corrected chi connectivity index (χ3v) is 4.20. The summed E-state index contributed by atoms with van der Waals surface area (Å²) in [6, 6.07) is 4.31. The van der Waals surface area contributed by atoms with E-state index in [0.717, 1.165) is 0 Å². The zero-order chi connectivity index (χ0) is 15.0. The summed E-state index contributed by atoms with van der Waals surface area (Å²) in [5, 5.41) is 2.90. The summed E-state index contributed by atoms with van der Waals surface area (Å²) in [6.07, 6.45) is 0.773. The van der Waals surface area contributed by atoms with Crippen LogP contribution < -0.4 is 11.1 Å². The van der Waals surface area contributed by atoms with E-state index >= 15 is 0 Å². The molecule has 1 aliphatic heterocycles. The second-order valence-corrected chi connectivity index (χ2v) is 5.38. The Balaban J connectivity index is 2.42. The maximum Gasteiger partial charge on any atom is 0.177 e. The highest BCUT2D eigenvalue weighted by molar-refractivity contribution is 5.45. The number of piperidine rings is 1. The molecule has 5 heteroatoms. The quantitative estimate of drug-likeness (QED) is 0.832. The summed E-state index contributed by atoms with van der Waals surface area (Å²) in [5.74, 6) is -0.409. The van der Waals surface area contributed by atoms with Crippen LogP contribution >= 0.6 is 0 Å². The Bertz CT molecular complexity index is 532. The molecule has 0 saturated carbocycles. The highest BCUT2D eigenvalue weighted by Gasteiger charge is 2.46. The van der Waals surface area contributed by atoms with Gasteiger partial charge in [-0.25, -0.2) is 13.2 Å². The second kappa shape index (κ2) is 5.04. The molecule has 0 amide bonds. The van der Waals surface area contributed by atoms with Crippen LogP contribution in [0.25, 0.3) is 0 Å². The number of rotatable bonds is 3. The third-order valence-electron chi connectivity index (χ3n) is 4.20. The zero-order valence-corrected chi connectivity index (χ0v) is 11.5. The van der Waals surface area contributed by atoms with E-state index < -0.39 is 23.7 Å². The van der Waals surface area contributed by atoms with E-state index in [9.17, 15) is 13.2 Å². The first-order valence-electron chi connectivity index (χ1n) is 6.65. The summed E-state index contributed by atoms with van der Waals surface area (Å²) in [6.45, 7) is 4.32. The van der Waals surface area contributed by atoms with Gasteiger partial charge in [0.2, 0.25) is 0 Å². The number of benzene rings is 1. The van der Waals surface area contributed by atoms with Gasteiger partial charge in [-0.3, -0.25) is 0 Å². The van der Waals surface area contributed by atoms with Crippen molar-refractivity contribution in [2.24, 2.45) is 0 Å². The lowest BCUT2D eigenvalue weighted by Crippen LogP contribution is -2.53. The standard InChI is InChI=1S/C15H19F3N2/c1-3-15(12-8-11(19)4-5-13(12)17)7-6-14(18,9-16)10(2)20-15/h4-5,8,20H,2-3,6-7,9,19H2,1H3/t14-,15+/m1/s1. The Morgan fingerprint density at radius 3 is 2.65 bits per heavy atom. The summed E-state index contributed by atoms with van der Waals surface area (Å²) < 4.78 is 41.2. The van der Waals surface area contributed by atoms with Crippen molar-refractivity contribution in [3.63, 3.8) is 0 Å². The van der Waals surface area contributed by atoms with Crippen molar-refractivity contribution >= 4 is 5.69 Å². The molecular formula is C15H19F3N2. The molecule has 2 rings (SSSR count). The minimum Gasteiger partial charge on any atom is -0.399 e. The summed E-state index contributed by atoms with van der Waals surface area (Å²) in [7, 11) is 0. The second-order valence-electron chi connectivity index (χ2n) is 5.38. The maximum absolute atomic E-state index is 14.2. The molecule has 1 fully saturated rings. The van der Waals surface area contributed by atoms with Crippen molar-refractivity contribution in [1.29, 1.82) is 0 Å². The Labute approximate surface area is 116 Å². The fraction of sp³-hybridized carbons (Fsp3) is 0.467. The lowest BCUT2D eigenvalue weighted by atomic mass is 9.75. The average molecular weight is 284 g/mol. The maximum atomic E-state index is 14.2. The van der Waals surface area contributed by atoms with E-state index in [1.54, 1.807) is 6.07 Å². The molecule has 0 spiro atoms. The molecule has 1 saturated heterocycles. The van der Waals surface area contributed by atoms with Gasteiger partial charge in [0.1, 0.15) is 12.5 Å². The zero-order valence-electron chi connectivity index (χ0n) is 11.5. The minimum absolute atomic E-state index is 0.0303. The molecule has 110 valence electrons. The van der Waals surface area contributed by atoms with E-state index in [-0.39, 0.29) is 18.5 Å². The topological polar surface area (TPSA) is 38.0 Å². The first kappa shape index (κ1) is 14.8. The van der Waals surface area contributed by atoms with Gasteiger partial charge in [0, 0.05) is 16.9 Å². The van der Waals surface area contributed by atoms with Crippen LogP contribution in [0.1, 0.15) is 31.7 Å². The molecule has 0 aromatic heterocycles. The first-order chi connectivity index (χ1) is 9.37. The van der Waals surface area contributed by atoms with Crippen molar-refractivity contribution in [3.05, 3.63) is 41.9 Å². The molecule has 20 heavy (non-hydrogen) atoms. The molecule has 3 N–H and O–H groups in total. The molecule has 0 aliphatic carbocycles. The Hall–Kier alpha value is -1.65. The number of nitrogens with one attached hydrogen (secondary N) is 1. The molecular weight excluding hydrogens is 265 g/mol. The monoisotopic (exact) mass is 284 g/mol. The molecule has 1 heterocycles. The van der Waals surface area contributed by atoms with Gasteiger partial charge in [-0.1, -0.05) is 13.5 Å². The third kappa shape index (κ3) is 2.25. The lowest BCUT2D eigenvalue weighted by Gasteiger charge is -2.45. The Morgan fingerprint density at radius 1 is 1.40 bits per heavy atom. The molecule has 0 unspecified atom stereocenters. The van der Waals surface area contributed by atoms with Gasteiger partial charge >= 0.3 is 0 Å². The van der Waals surface area contributed by atoms with Crippen LogP contribution in [0.15, 0.2) is 30.5 Å². The number of nitrogens with two attached hydrogens (primary N) is 1. The predicted molar refractivity (Wildman–Crippen MR) is 74.1 cm³/mol. The van der Waals surface area contributed by atoms with Crippen LogP contribution in [0.4, 0.5) is 18.9 Å². The van der Waals surface area contributed by atoms with Crippen LogP contribution in [0, 0.1) is 5.82 Å². The van der Waals surface area contributed by atoms with Gasteiger partial charge in [0.25, 0.3) is 0 Å². The highest BCUT2D eigenvalue weighted by atomic mass is 19.2. The largest absolute Gasteiger partial charge is 0.399 e. The predicted octanol–water partition coefficient (Wildman–Crippen LogP) is 3.59. The normalized spacial score (nSPS) is 30.1. The molecule has 1 aromatic rings. The SMILES string of the molecule is C=C1N[C@](CC)(c2cc(N)ccc2F)CC[C@@]1(F)CF. The van der Waals surface area contributed by atoms with Crippen molar-refractivity contribution in [2.75, 3.05) is 12.4 Å². The van der Waals surface area contributed by atoms with E-state index in [4.69, 9.17) is 5.73 Å². The van der Waals surface area contributed by atoms with Crippen LogP contribution in [0.2, 0.25) is 0 Å². The number of halogens is 3. The first-order valence-corrected chi connectivity index (χ1v) is 6.65. The van der Waals surface area contributed by atoms with E-state index in [1.165, 1.54) is 12.1 Å². The summed E-state index contributed by atoms with van der Waals surface area (Å²) >= 11 is 0. The van der Waals surface area contributed by atoms with Crippen molar-refractivity contribution in [1.82, 2.24) is 5.32 Å². The fourth-order valence-electron chi connectivity index (χ4n) is 2.74. The van der Waals surface area contributed by atoms with Gasteiger partial charge in [0.15, 0.2) is 5.67 Å². The molecule has 0 radical (unpaired) electrons. The van der Waals surface area contributed by atoms with E-state index in [0.29, 0.717) is 17.7 Å². The fourth-order valence-corrected chi connectivity index (χ4v) is 2.74. The number of anilines is 1. The highest BCUT2D eigenvalue weighted by Crippen LogP contribution is 2.43. The van der Waals surface area contributed by atoms with Crippen LogP contribution in [0.3, 0.4) is 0 Å². The van der Waals surface area contributed by atoms with Crippen LogP contribution in [0.5, 0.6) is 0 Å². The molecule has 0 bridgehead atoms. The number of alkyl halides is 2. The van der Waals surface area contributed by atoms with Gasteiger partial charge in [-0.15, -0.1) is 0 Å². The number of hydrogen-bond acceptors (Lipinski definition) is 2. The number of hydrogen-bond donors (Lipinski definition) is 2. The van der Waals surface area contributed by atoms with Crippen LogP contribution in [-0.2, 0) is 5.54 Å². The van der Waals surface area contributed by atoms with Crippen molar-refractivity contribution < 1.29 is 13.2 Å². The molecule has 2 nitrogen and oxygen atoms in total. The number of nitrogen functional groups attached to an aromatic ring is 1. The minimum atomic E-state index is -2.07.